The van der Waals surface area contributed by atoms with Crippen molar-refractivity contribution in [1.29, 1.82) is 0 Å². The SMILES string of the molecule is Cc1ccc(-c2ccc(NC3C4CCN(CC4)C3C)cn2)cc1C. The largest absolute Gasteiger partial charge is 0.379 e. The second-order valence-corrected chi connectivity index (χ2v) is 7.52. The molecule has 2 bridgehead atoms. The Morgan fingerprint density at radius 2 is 1.83 bits per heavy atom. The van der Waals surface area contributed by atoms with Gasteiger partial charge < -0.3 is 5.32 Å². The number of nitrogens with zero attached hydrogens (tertiary/aromatic N) is 2. The molecule has 1 N–H and O–H groups in total. The quantitative estimate of drug-likeness (QED) is 0.915. The lowest BCUT2D eigenvalue weighted by Gasteiger charge is -2.50. The summed E-state index contributed by atoms with van der Waals surface area (Å²) in [5.74, 6) is 0.810. The van der Waals surface area contributed by atoms with Crippen LogP contribution in [0.5, 0.6) is 0 Å². The number of aryl methyl sites for hydroxylation is 2. The number of piperidine rings is 3. The molecule has 126 valence electrons. The molecule has 2 aromatic rings. The average Bonchev–Trinajstić information content (AvgIpc) is 2.61. The highest BCUT2D eigenvalue weighted by molar-refractivity contribution is 5.62. The zero-order chi connectivity index (χ0) is 16.7. The summed E-state index contributed by atoms with van der Waals surface area (Å²) >= 11 is 0. The van der Waals surface area contributed by atoms with Crippen LogP contribution in [-0.4, -0.2) is 35.1 Å². The number of aromatic nitrogens is 1. The summed E-state index contributed by atoms with van der Waals surface area (Å²) in [6.07, 6.45) is 4.65. The minimum atomic E-state index is 0.557. The van der Waals surface area contributed by atoms with E-state index in [0.29, 0.717) is 12.1 Å². The highest BCUT2D eigenvalue weighted by Gasteiger charge is 2.39. The standard InChI is InChI=1S/C21H27N3/c1-14-4-5-18(12-15(14)2)20-7-6-19(13-22-20)23-21-16(3)24-10-8-17(21)9-11-24/h4-7,12-13,16-17,21,23H,8-11H2,1-3H3. The summed E-state index contributed by atoms with van der Waals surface area (Å²) in [5, 5.41) is 3.76. The van der Waals surface area contributed by atoms with E-state index in [2.05, 4.69) is 61.3 Å². The Labute approximate surface area is 145 Å². The minimum absolute atomic E-state index is 0.557. The van der Waals surface area contributed by atoms with Gasteiger partial charge in [0.1, 0.15) is 0 Å². The van der Waals surface area contributed by atoms with E-state index in [1.54, 1.807) is 0 Å². The molecule has 0 aliphatic carbocycles. The number of rotatable bonds is 3. The number of hydrogen-bond acceptors (Lipinski definition) is 3. The Balaban J connectivity index is 1.50. The highest BCUT2D eigenvalue weighted by Crippen LogP contribution is 2.34. The van der Waals surface area contributed by atoms with Gasteiger partial charge in [-0.1, -0.05) is 12.1 Å². The molecule has 3 aliphatic rings. The van der Waals surface area contributed by atoms with Gasteiger partial charge in [0, 0.05) is 17.6 Å². The van der Waals surface area contributed by atoms with Gasteiger partial charge in [-0.05, 0) is 81.9 Å². The molecule has 3 heteroatoms. The first-order valence-electron chi connectivity index (χ1n) is 9.16. The normalized spacial score (nSPS) is 28.8. The van der Waals surface area contributed by atoms with Gasteiger partial charge >= 0.3 is 0 Å². The van der Waals surface area contributed by atoms with Gasteiger partial charge in [-0.15, -0.1) is 0 Å². The maximum Gasteiger partial charge on any atom is 0.0703 e. The van der Waals surface area contributed by atoms with E-state index in [1.807, 2.05) is 6.20 Å². The van der Waals surface area contributed by atoms with Gasteiger partial charge in [-0.3, -0.25) is 9.88 Å². The lowest BCUT2D eigenvalue weighted by molar-refractivity contribution is 0.0458. The molecule has 3 saturated heterocycles. The molecular formula is C21H27N3. The fourth-order valence-electron chi connectivity index (χ4n) is 4.29. The van der Waals surface area contributed by atoms with Gasteiger partial charge in [0.15, 0.2) is 0 Å². The molecule has 24 heavy (non-hydrogen) atoms. The van der Waals surface area contributed by atoms with E-state index in [9.17, 15) is 0 Å². The molecule has 0 amide bonds. The number of fused-ring (bicyclic) bond motifs is 3. The second kappa shape index (κ2) is 6.21. The Kier molecular flexibility index (Phi) is 4.05. The Morgan fingerprint density at radius 1 is 1.04 bits per heavy atom. The van der Waals surface area contributed by atoms with Crippen molar-refractivity contribution in [1.82, 2.24) is 9.88 Å². The maximum atomic E-state index is 4.70. The van der Waals surface area contributed by atoms with Crippen LogP contribution in [0.4, 0.5) is 5.69 Å². The second-order valence-electron chi connectivity index (χ2n) is 7.52. The van der Waals surface area contributed by atoms with Crippen LogP contribution in [0.1, 0.15) is 30.9 Å². The van der Waals surface area contributed by atoms with E-state index in [4.69, 9.17) is 4.98 Å². The summed E-state index contributed by atoms with van der Waals surface area (Å²) in [4.78, 5) is 7.32. The third-order valence-electron chi connectivity index (χ3n) is 6.08. The van der Waals surface area contributed by atoms with E-state index in [-0.39, 0.29) is 0 Å². The molecule has 0 radical (unpaired) electrons. The first-order valence-corrected chi connectivity index (χ1v) is 9.16. The number of anilines is 1. The minimum Gasteiger partial charge on any atom is -0.379 e. The van der Waals surface area contributed by atoms with Gasteiger partial charge in [-0.2, -0.15) is 0 Å². The average molecular weight is 321 g/mol. The van der Waals surface area contributed by atoms with Gasteiger partial charge in [0.25, 0.3) is 0 Å². The van der Waals surface area contributed by atoms with Crippen LogP contribution in [0.15, 0.2) is 36.5 Å². The molecule has 1 aromatic carbocycles. The van der Waals surface area contributed by atoms with Crippen molar-refractivity contribution in [3.8, 4) is 11.3 Å². The summed E-state index contributed by atoms with van der Waals surface area (Å²) < 4.78 is 0. The van der Waals surface area contributed by atoms with Crippen LogP contribution in [0.3, 0.4) is 0 Å². The molecule has 0 spiro atoms. The monoisotopic (exact) mass is 321 g/mol. The predicted octanol–water partition coefficient (Wildman–Crippen LogP) is 4.26. The molecule has 3 fully saturated rings. The molecule has 1 aromatic heterocycles. The van der Waals surface area contributed by atoms with Crippen LogP contribution in [0, 0.1) is 19.8 Å². The molecule has 3 nitrogen and oxygen atoms in total. The van der Waals surface area contributed by atoms with Crippen molar-refractivity contribution in [3.05, 3.63) is 47.7 Å². The third kappa shape index (κ3) is 2.82. The number of benzene rings is 1. The van der Waals surface area contributed by atoms with Crippen molar-refractivity contribution < 1.29 is 0 Å². The summed E-state index contributed by atoms with van der Waals surface area (Å²) in [6.45, 7) is 9.21. The predicted molar refractivity (Wildman–Crippen MR) is 100 cm³/mol. The first kappa shape index (κ1) is 15.6. The molecule has 2 unspecified atom stereocenters. The number of nitrogens with one attached hydrogen (secondary N) is 1. The van der Waals surface area contributed by atoms with E-state index >= 15 is 0 Å². The van der Waals surface area contributed by atoms with E-state index in [1.165, 1.54) is 42.6 Å². The van der Waals surface area contributed by atoms with Crippen molar-refractivity contribution >= 4 is 5.69 Å². The van der Waals surface area contributed by atoms with Gasteiger partial charge in [0.05, 0.1) is 17.6 Å². The zero-order valence-corrected chi connectivity index (χ0v) is 14.9. The number of hydrogen-bond donors (Lipinski definition) is 1. The van der Waals surface area contributed by atoms with Crippen LogP contribution in [0.2, 0.25) is 0 Å². The lowest BCUT2D eigenvalue weighted by Crippen LogP contribution is -2.59. The van der Waals surface area contributed by atoms with Gasteiger partial charge in [-0.25, -0.2) is 0 Å². The fourth-order valence-corrected chi connectivity index (χ4v) is 4.29. The first-order chi connectivity index (χ1) is 11.6. The topological polar surface area (TPSA) is 28.2 Å². The van der Waals surface area contributed by atoms with E-state index < -0.39 is 0 Å². The maximum absolute atomic E-state index is 4.70. The van der Waals surface area contributed by atoms with Crippen LogP contribution in [-0.2, 0) is 0 Å². The van der Waals surface area contributed by atoms with Crippen molar-refractivity contribution in [2.75, 3.05) is 18.4 Å². The van der Waals surface area contributed by atoms with Crippen molar-refractivity contribution in [3.63, 3.8) is 0 Å². The van der Waals surface area contributed by atoms with Crippen molar-refractivity contribution in [2.45, 2.75) is 45.7 Å². The molecule has 4 heterocycles. The van der Waals surface area contributed by atoms with Gasteiger partial charge in [0.2, 0.25) is 0 Å². The summed E-state index contributed by atoms with van der Waals surface area (Å²) in [7, 11) is 0. The Hall–Kier alpha value is -1.87. The molecule has 5 rings (SSSR count). The highest BCUT2D eigenvalue weighted by atomic mass is 15.2. The van der Waals surface area contributed by atoms with E-state index in [0.717, 1.165) is 17.3 Å². The Morgan fingerprint density at radius 3 is 2.46 bits per heavy atom. The zero-order valence-electron chi connectivity index (χ0n) is 14.9. The smallest absolute Gasteiger partial charge is 0.0703 e. The summed E-state index contributed by atoms with van der Waals surface area (Å²) in [6, 6.07) is 12.1. The van der Waals surface area contributed by atoms with Crippen LogP contribution < -0.4 is 5.32 Å². The third-order valence-corrected chi connectivity index (χ3v) is 6.08. The fraction of sp³-hybridized carbons (Fsp3) is 0.476. The number of pyridine rings is 1. The molecule has 2 atom stereocenters. The lowest BCUT2D eigenvalue weighted by atomic mass is 9.79. The molecule has 3 aliphatic heterocycles. The van der Waals surface area contributed by atoms with Crippen LogP contribution >= 0.6 is 0 Å². The molecule has 0 saturated carbocycles. The Bertz CT molecular complexity index is 712. The van der Waals surface area contributed by atoms with Crippen LogP contribution in [0.25, 0.3) is 11.3 Å². The van der Waals surface area contributed by atoms with Crippen molar-refractivity contribution in [2.24, 2.45) is 5.92 Å². The molecular weight excluding hydrogens is 294 g/mol. The summed E-state index contributed by atoms with van der Waals surface area (Å²) in [5.41, 5.74) is 6.03.